The molecule has 1 aliphatic rings. The fraction of sp³-hybridized carbons (Fsp3) is 0.476. The lowest BCUT2D eigenvalue weighted by molar-refractivity contribution is -0.274. The van der Waals surface area contributed by atoms with Gasteiger partial charge in [-0.1, -0.05) is 12.1 Å². The van der Waals surface area contributed by atoms with Gasteiger partial charge in [0.15, 0.2) is 0 Å². The zero-order valence-electron chi connectivity index (χ0n) is 18.0. The Kier molecular flexibility index (Phi) is 7.07. The van der Waals surface area contributed by atoms with Gasteiger partial charge in [-0.3, -0.25) is 14.7 Å². The van der Waals surface area contributed by atoms with Crippen LogP contribution in [0.25, 0.3) is 0 Å². The van der Waals surface area contributed by atoms with Crippen LogP contribution in [0.1, 0.15) is 35.6 Å². The fourth-order valence-corrected chi connectivity index (χ4v) is 3.39. The molecule has 0 radical (unpaired) electrons. The van der Waals surface area contributed by atoms with Gasteiger partial charge >= 0.3 is 6.36 Å². The average molecular weight is 454 g/mol. The molecular formula is C21H25F3N4O4. The number of carbonyl (C=O) groups is 2. The average Bonchev–Trinajstić information content (AvgIpc) is 3.06. The number of carbonyl (C=O) groups excluding carboxylic acids is 2. The van der Waals surface area contributed by atoms with E-state index in [0.29, 0.717) is 5.56 Å². The normalized spacial score (nSPS) is 17.6. The van der Waals surface area contributed by atoms with Crippen molar-refractivity contribution >= 4 is 11.8 Å². The van der Waals surface area contributed by atoms with Gasteiger partial charge in [-0.15, -0.1) is 13.2 Å². The number of ether oxygens (including phenoxy) is 2. The lowest BCUT2D eigenvalue weighted by Gasteiger charge is -2.27. The number of nitrogens with zero attached hydrogens (tertiary/aromatic N) is 3. The molecule has 8 nitrogen and oxygen atoms in total. The van der Waals surface area contributed by atoms with Crippen molar-refractivity contribution in [2.24, 2.45) is 0 Å². The minimum atomic E-state index is -4.76. The Labute approximate surface area is 183 Å². The molecule has 3 rings (SSSR count). The number of benzene rings is 1. The van der Waals surface area contributed by atoms with Crippen molar-refractivity contribution in [1.29, 1.82) is 0 Å². The lowest BCUT2D eigenvalue weighted by Crippen LogP contribution is -2.42. The Bertz CT molecular complexity index is 943. The zero-order valence-corrected chi connectivity index (χ0v) is 18.0. The summed E-state index contributed by atoms with van der Waals surface area (Å²) >= 11 is 0. The third-order valence-electron chi connectivity index (χ3n) is 4.95. The predicted octanol–water partition coefficient (Wildman–Crippen LogP) is 2.89. The molecule has 0 saturated carbocycles. The molecule has 2 heterocycles. The molecule has 32 heavy (non-hydrogen) atoms. The number of H-pyrrole nitrogens is 1. The van der Waals surface area contributed by atoms with E-state index in [4.69, 9.17) is 4.74 Å². The van der Waals surface area contributed by atoms with E-state index < -0.39 is 12.5 Å². The molecule has 2 amide bonds. The maximum atomic E-state index is 12.9. The van der Waals surface area contributed by atoms with E-state index in [-0.39, 0.29) is 55.5 Å². The molecule has 1 fully saturated rings. The largest absolute Gasteiger partial charge is 0.573 e. The van der Waals surface area contributed by atoms with E-state index in [0.717, 1.165) is 5.69 Å². The first-order valence-electron chi connectivity index (χ1n) is 10.1. The molecule has 1 N–H and O–H groups in total. The molecule has 11 heteroatoms. The highest BCUT2D eigenvalue weighted by Gasteiger charge is 2.33. The topological polar surface area (TPSA) is 87.8 Å². The molecular weight excluding hydrogens is 429 g/mol. The minimum absolute atomic E-state index is 0.0879. The molecule has 0 aliphatic carbocycles. The molecule has 174 valence electrons. The summed E-state index contributed by atoms with van der Waals surface area (Å²) in [4.78, 5) is 28.6. The molecule has 1 aromatic heterocycles. The number of hydrogen-bond acceptors (Lipinski definition) is 5. The smallest absolute Gasteiger partial charge is 0.406 e. The van der Waals surface area contributed by atoms with Crippen LogP contribution in [-0.4, -0.2) is 70.0 Å². The van der Waals surface area contributed by atoms with Crippen LogP contribution in [-0.2, 0) is 16.1 Å². The number of aryl methyl sites for hydroxylation is 1. The number of nitrogens with one attached hydrogen (secondary N) is 1. The van der Waals surface area contributed by atoms with Crippen molar-refractivity contribution < 1.29 is 32.2 Å². The number of alkyl halides is 3. The van der Waals surface area contributed by atoms with E-state index >= 15 is 0 Å². The third-order valence-corrected chi connectivity index (χ3v) is 4.95. The number of halogens is 3. The third kappa shape index (κ3) is 6.22. The molecule has 1 saturated heterocycles. The molecule has 1 atom stereocenters. The SMILES string of the molecule is Cc1cc(C(=O)N2CC(=O)N(C(C)C)C[C@H](OCc3ccc(OC(F)(F)F)cc3)C2)n[nH]1. The van der Waals surface area contributed by atoms with Crippen molar-refractivity contribution in [2.45, 2.75) is 45.9 Å². The van der Waals surface area contributed by atoms with Gasteiger partial charge in [-0.25, -0.2) is 0 Å². The second-order valence-corrected chi connectivity index (χ2v) is 7.89. The van der Waals surface area contributed by atoms with Crippen LogP contribution in [0, 0.1) is 6.92 Å². The van der Waals surface area contributed by atoms with Gasteiger partial charge in [-0.05, 0) is 44.5 Å². The first-order chi connectivity index (χ1) is 15.0. The second-order valence-electron chi connectivity index (χ2n) is 7.89. The molecule has 1 aromatic carbocycles. The first kappa shape index (κ1) is 23.6. The Balaban J connectivity index is 1.70. The van der Waals surface area contributed by atoms with Crippen molar-refractivity contribution in [3.05, 3.63) is 47.3 Å². The summed E-state index contributed by atoms with van der Waals surface area (Å²) in [5.74, 6) is -0.894. The summed E-state index contributed by atoms with van der Waals surface area (Å²) in [7, 11) is 0. The summed E-state index contributed by atoms with van der Waals surface area (Å²) in [5, 5.41) is 6.69. The number of amides is 2. The Morgan fingerprint density at radius 1 is 1.25 bits per heavy atom. The first-order valence-corrected chi connectivity index (χ1v) is 10.1. The highest BCUT2D eigenvalue weighted by atomic mass is 19.4. The van der Waals surface area contributed by atoms with Crippen LogP contribution in [0.4, 0.5) is 13.2 Å². The van der Waals surface area contributed by atoms with Gasteiger partial charge < -0.3 is 19.3 Å². The number of aromatic amines is 1. The number of rotatable bonds is 6. The van der Waals surface area contributed by atoms with Crippen LogP contribution >= 0.6 is 0 Å². The molecule has 0 bridgehead atoms. The van der Waals surface area contributed by atoms with Gasteiger partial charge in [0.2, 0.25) is 5.91 Å². The maximum absolute atomic E-state index is 12.9. The molecule has 1 aliphatic heterocycles. The quantitative estimate of drug-likeness (QED) is 0.725. The standard InChI is InChI=1S/C21H25F3N4O4/c1-13(2)28-10-17(31-12-15-4-6-16(7-5-15)32-21(22,23)24)9-27(11-19(28)29)20(30)18-8-14(3)25-26-18/h4-8,13,17H,9-12H2,1-3H3,(H,25,26)/t17-/m1/s1. The number of hydrogen-bond donors (Lipinski definition) is 1. The van der Waals surface area contributed by atoms with Crippen molar-refractivity contribution in [1.82, 2.24) is 20.0 Å². The van der Waals surface area contributed by atoms with E-state index in [9.17, 15) is 22.8 Å². The van der Waals surface area contributed by atoms with Gasteiger partial charge in [0, 0.05) is 24.8 Å². The Hall–Kier alpha value is -3.08. The van der Waals surface area contributed by atoms with Crippen molar-refractivity contribution in [2.75, 3.05) is 19.6 Å². The van der Waals surface area contributed by atoms with E-state index in [2.05, 4.69) is 14.9 Å². The molecule has 0 spiro atoms. The van der Waals surface area contributed by atoms with E-state index in [1.54, 1.807) is 17.9 Å². The van der Waals surface area contributed by atoms with Crippen LogP contribution in [0.2, 0.25) is 0 Å². The van der Waals surface area contributed by atoms with Crippen molar-refractivity contribution in [3.8, 4) is 5.75 Å². The highest BCUT2D eigenvalue weighted by Crippen LogP contribution is 2.23. The molecule has 0 unspecified atom stereocenters. The number of aromatic nitrogens is 2. The second kappa shape index (κ2) is 9.60. The maximum Gasteiger partial charge on any atom is 0.573 e. The zero-order chi connectivity index (χ0) is 23.5. The van der Waals surface area contributed by atoms with E-state index in [1.165, 1.54) is 29.2 Å². The van der Waals surface area contributed by atoms with Crippen LogP contribution in [0.15, 0.2) is 30.3 Å². The van der Waals surface area contributed by atoms with Crippen molar-refractivity contribution in [3.63, 3.8) is 0 Å². The highest BCUT2D eigenvalue weighted by molar-refractivity contribution is 5.95. The van der Waals surface area contributed by atoms with E-state index in [1.807, 2.05) is 13.8 Å². The van der Waals surface area contributed by atoms with Gasteiger partial charge in [0.1, 0.15) is 18.0 Å². The Morgan fingerprint density at radius 3 is 2.50 bits per heavy atom. The lowest BCUT2D eigenvalue weighted by atomic mass is 10.2. The van der Waals surface area contributed by atoms with Crippen LogP contribution < -0.4 is 4.74 Å². The fourth-order valence-electron chi connectivity index (χ4n) is 3.39. The monoisotopic (exact) mass is 454 g/mol. The summed E-state index contributed by atoms with van der Waals surface area (Å²) in [5.41, 5.74) is 1.57. The van der Waals surface area contributed by atoms with Crippen LogP contribution in [0.5, 0.6) is 5.75 Å². The van der Waals surface area contributed by atoms with Gasteiger partial charge in [0.25, 0.3) is 5.91 Å². The minimum Gasteiger partial charge on any atom is -0.406 e. The van der Waals surface area contributed by atoms with Crippen LogP contribution in [0.3, 0.4) is 0 Å². The Morgan fingerprint density at radius 2 is 1.94 bits per heavy atom. The van der Waals surface area contributed by atoms with Gasteiger partial charge in [-0.2, -0.15) is 5.10 Å². The summed E-state index contributed by atoms with van der Waals surface area (Å²) < 4.78 is 46.8. The summed E-state index contributed by atoms with van der Waals surface area (Å²) in [6.07, 6.45) is -5.24. The predicted molar refractivity (Wildman–Crippen MR) is 108 cm³/mol. The summed E-state index contributed by atoms with van der Waals surface area (Å²) in [6.45, 7) is 6.00. The van der Waals surface area contributed by atoms with Gasteiger partial charge in [0.05, 0.1) is 12.7 Å². The summed E-state index contributed by atoms with van der Waals surface area (Å²) in [6, 6.07) is 6.88. The molecule has 2 aromatic rings.